The van der Waals surface area contributed by atoms with Gasteiger partial charge in [-0.25, -0.2) is 9.59 Å². The largest absolute Gasteiger partial charge is 0.511 e. The van der Waals surface area contributed by atoms with Crippen LogP contribution in [0, 0.1) is 0 Å². The van der Waals surface area contributed by atoms with E-state index in [4.69, 9.17) is 9.47 Å². The van der Waals surface area contributed by atoms with Crippen LogP contribution in [0.3, 0.4) is 0 Å². The molecule has 0 unspecified atom stereocenters. The highest BCUT2D eigenvalue weighted by atomic mass is 16.8. The number of hydrogen-bond acceptors (Lipinski definition) is 10. The smallest absolute Gasteiger partial charge is 0.435 e. The van der Waals surface area contributed by atoms with Crippen molar-refractivity contribution in [3.05, 3.63) is 0 Å². The van der Waals surface area contributed by atoms with Crippen LogP contribution in [0.2, 0.25) is 0 Å². The normalized spacial score (nSPS) is 9.93. The first-order chi connectivity index (χ1) is 13.5. The van der Waals surface area contributed by atoms with Crippen molar-refractivity contribution in [3.63, 3.8) is 0 Å². The Balaban J connectivity index is 3.40. The number of carbonyl (C=O) groups excluding carboxylic acids is 4. The minimum atomic E-state index is -0.870. The van der Waals surface area contributed by atoms with E-state index in [0.29, 0.717) is 12.8 Å². The minimum Gasteiger partial charge on any atom is -0.435 e. The first kappa shape index (κ1) is 25.5. The lowest BCUT2D eigenvalue weighted by molar-refractivity contribution is -0.154. The molecule has 0 aromatic carbocycles. The van der Waals surface area contributed by atoms with Gasteiger partial charge in [0, 0.05) is 12.8 Å². The van der Waals surface area contributed by atoms with E-state index in [-0.39, 0.29) is 26.1 Å². The second-order valence-electron chi connectivity index (χ2n) is 5.54. The van der Waals surface area contributed by atoms with Crippen molar-refractivity contribution < 1.29 is 47.6 Å². The molecule has 0 amide bonds. The molecule has 0 aromatic rings. The minimum absolute atomic E-state index is 0.192. The van der Waals surface area contributed by atoms with Crippen LogP contribution in [0.4, 0.5) is 9.59 Å². The van der Waals surface area contributed by atoms with Gasteiger partial charge in [-0.05, 0) is 26.7 Å². The van der Waals surface area contributed by atoms with Gasteiger partial charge < -0.3 is 28.4 Å². The van der Waals surface area contributed by atoms with Gasteiger partial charge in [0.15, 0.2) is 0 Å². The van der Waals surface area contributed by atoms with Gasteiger partial charge in [0.1, 0.15) is 0 Å². The summed E-state index contributed by atoms with van der Waals surface area (Å²) in [5, 5.41) is 0. The molecular weight excluding hydrogens is 376 g/mol. The summed E-state index contributed by atoms with van der Waals surface area (Å²) in [5.74, 6) is -0.867. The molecule has 0 fully saturated rings. The zero-order chi connectivity index (χ0) is 21.0. The van der Waals surface area contributed by atoms with Crippen LogP contribution in [0.15, 0.2) is 0 Å². The van der Waals surface area contributed by atoms with Crippen molar-refractivity contribution in [2.45, 2.75) is 65.2 Å². The third-order valence-electron chi connectivity index (χ3n) is 3.33. The molecule has 162 valence electrons. The summed E-state index contributed by atoms with van der Waals surface area (Å²) >= 11 is 0. The number of ether oxygens (including phenoxy) is 6. The molecule has 0 heterocycles. The average molecular weight is 406 g/mol. The fourth-order valence-corrected chi connectivity index (χ4v) is 2.00. The van der Waals surface area contributed by atoms with Gasteiger partial charge in [0.25, 0.3) is 0 Å². The van der Waals surface area contributed by atoms with Crippen LogP contribution >= 0.6 is 0 Å². The number of esters is 2. The van der Waals surface area contributed by atoms with E-state index < -0.39 is 37.8 Å². The van der Waals surface area contributed by atoms with Crippen molar-refractivity contribution in [2.75, 3.05) is 26.8 Å². The number of rotatable bonds is 15. The van der Waals surface area contributed by atoms with E-state index in [1.165, 1.54) is 0 Å². The van der Waals surface area contributed by atoms with Gasteiger partial charge >= 0.3 is 24.2 Å². The predicted octanol–water partition coefficient (Wildman–Crippen LogP) is 3.45. The highest BCUT2D eigenvalue weighted by Gasteiger charge is 2.07. The van der Waals surface area contributed by atoms with Gasteiger partial charge in [-0.3, -0.25) is 9.59 Å². The Bertz CT molecular complexity index is 421. The zero-order valence-corrected chi connectivity index (χ0v) is 16.6. The second-order valence-corrected chi connectivity index (χ2v) is 5.54. The SMILES string of the molecule is CCOC(=O)OCOC(=O)CCCCCCCCC(=O)OCOC(=O)OCC. The fourth-order valence-electron chi connectivity index (χ4n) is 2.00. The maximum atomic E-state index is 11.4. The number of unbranched alkanes of at least 4 members (excludes halogenated alkanes) is 5. The molecule has 0 rings (SSSR count). The summed E-state index contributed by atoms with van der Waals surface area (Å²) < 4.78 is 27.5. The van der Waals surface area contributed by atoms with Crippen LogP contribution in [0.1, 0.15) is 65.2 Å². The Labute approximate surface area is 164 Å². The van der Waals surface area contributed by atoms with Crippen LogP contribution in [-0.2, 0) is 38.0 Å². The Hall–Kier alpha value is -2.52. The summed E-state index contributed by atoms with van der Waals surface area (Å²) in [7, 11) is 0. The molecule has 0 atom stereocenters. The molecule has 0 aliphatic rings. The van der Waals surface area contributed by atoms with E-state index in [2.05, 4.69) is 18.9 Å². The lowest BCUT2D eigenvalue weighted by Crippen LogP contribution is -2.13. The van der Waals surface area contributed by atoms with Crippen LogP contribution in [0.5, 0.6) is 0 Å². The Kier molecular flexibility index (Phi) is 16.3. The molecule has 0 saturated heterocycles. The standard InChI is InChI=1S/C18H30O10/c1-3-23-17(21)27-13-25-15(19)11-9-7-5-6-8-10-12-16(20)26-14-28-18(22)24-4-2/h3-14H2,1-2H3. The lowest BCUT2D eigenvalue weighted by Gasteiger charge is -2.06. The molecule has 0 N–H and O–H groups in total. The monoisotopic (exact) mass is 406 g/mol. The molecule has 0 aromatic heterocycles. The maximum absolute atomic E-state index is 11.4. The quantitative estimate of drug-likeness (QED) is 0.173. The molecule has 10 nitrogen and oxygen atoms in total. The van der Waals surface area contributed by atoms with Crippen molar-refractivity contribution in [2.24, 2.45) is 0 Å². The van der Waals surface area contributed by atoms with E-state index in [0.717, 1.165) is 25.7 Å². The summed E-state index contributed by atoms with van der Waals surface area (Å²) in [5.41, 5.74) is 0. The predicted molar refractivity (Wildman–Crippen MR) is 95.1 cm³/mol. The molecule has 0 saturated carbocycles. The van der Waals surface area contributed by atoms with Gasteiger partial charge in [-0.1, -0.05) is 25.7 Å². The molecule has 0 radical (unpaired) electrons. The van der Waals surface area contributed by atoms with E-state index in [9.17, 15) is 19.2 Å². The van der Waals surface area contributed by atoms with Crippen molar-refractivity contribution in [1.29, 1.82) is 0 Å². The maximum Gasteiger partial charge on any atom is 0.511 e. The zero-order valence-electron chi connectivity index (χ0n) is 16.6. The van der Waals surface area contributed by atoms with Crippen molar-refractivity contribution in [3.8, 4) is 0 Å². The molecule has 0 aliphatic carbocycles. The lowest BCUT2D eigenvalue weighted by atomic mass is 10.1. The van der Waals surface area contributed by atoms with E-state index >= 15 is 0 Å². The molecule has 28 heavy (non-hydrogen) atoms. The van der Waals surface area contributed by atoms with Crippen LogP contribution in [0.25, 0.3) is 0 Å². The van der Waals surface area contributed by atoms with Gasteiger partial charge in [-0.15, -0.1) is 0 Å². The summed E-state index contributed by atoms with van der Waals surface area (Å²) in [4.78, 5) is 44.6. The van der Waals surface area contributed by atoms with Gasteiger partial charge in [-0.2, -0.15) is 0 Å². The molecule has 0 aliphatic heterocycles. The van der Waals surface area contributed by atoms with E-state index in [1.807, 2.05) is 0 Å². The van der Waals surface area contributed by atoms with Crippen LogP contribution < -0.4 is 0 Å². The summed E-state index contributed by atoms with van der Waals surface area (Å²) in [6.45, 7) is 2.78. The first-order valence-electron chi connectivity index (χ1n) is 9.39. The van der Waals surface area contributed by atoms with Gasteiger partial charge in [0.2, 0.25) is 13.6 Å². The molecular formula is C18H30O10. The number of hydrogen-bond donors (Lipinski definition) is 0. The Morgan fingerprint density at radius 3 is 1.21 bits per heavy atom. The van der Waals surface area contributed by atoms with Crippen LogP contribution in [-0.4, -0.2) is 51.0 Å². The van der Waals surface area contributed by atoms with Gasteiger partial charge in [0.05, 0.1) is 13.2 Å². The first-order valence-corrected chi connectivity index (χ1v) is 9.39. The average Bonchev–Trinajstić information content (AvgIpc) is 2.64. The highest BCUT2D eigenvalue weighted by Crippen LogP contribution is 2.09. The topological polar surface area (TPSA) is 124 Å². The highest BCUT2D eigenvalue weighted by molar-refractivity contribution is 5.69. The summed E-state index contributed by atoms with van der Waals surface area (Å²) in [6.07, 6.45) is 3.66. The third kappa shape index (κ3) is 16.9. The third-order valence-corrected chi connectivity index (χ3v) is 3.33. The Morgan fingerprint density at radius 1 is 0.500 bits per heavy atom. The summed E-state index contributed by atoms with van der Waals surface area (Å²) in [6, 6.07) is 0. The molecule has 10 heteroatoms. The van der Waals surface area contributed by atoms with E-state index in [1.54, 1.807) is 13.8 Å². The molecule has 0 bridgehead atoms. The van der Waals surface area contributed by atoms with Crippen molar-refractivity contribution >= 4 is 24.2 Å². The fraction of sp³-hybridized carbons (Fsp3) is 0.778. The second kappa shape index (κ2) is 17.9. The number of carbonyl (C=O) groups is 4. The molecule has 0 spiro atoms. The van der Waals surface area contributed by atoms with Crippen molar-refractivity contribution in [1.82, 2.24) is 0 Å². The Morgan fingerprint density at radius 2 is 0.857 bits per heavy atom.